The van der Waals surface area contributed by atoms with Crippen molar-refractivity contribution in [2.75, 3.05) is 20.2 Å². The van der Waals surface area contributed by atoms with Crippen LogP contribution in [0.2, 0.25) is 0 Å². The minimum atomic E-state index is -0.239. The number of benzene rings is 2. The number of aliphatic hydroxyl groups excluding tert-OH is 1. The molecule has 1 heterocycles. The number of β-amino-alcohol motifs (C(OH)–C–C–N with tert-alkyl or cyclic N) is 1. The fourth-order valence-electron chi connectivity index (χ4n) is 3.63. The van der Waals surface area contributed by atoms with Crippen LogP contribution in [0.3, 0.4) is 0 Å². The van der Waals surface area contributed by atoms with Crippen LogP contribution in [0.25, 0.3) is 0 Å². The number of para-hydroxylation sites is 1. The Morgan fingerprint density at radius 2 is 1.88 bits per heavy atom. The van der Waals surface area contributed by atoms with E-state index in [1.165, 1.54) is 5.56 Å². The molecule has 1 saturated heterocycles. The summed E-state index contributed by atoms with van der Waals surface area (Å²) in [5, 5.41) is 13.7. The minimum Gasteiger partial charge on any atom is -0.496 e. The molecule has 4 nitrogen and oxygen atoms in total. The predicted molar refractivity (Wildman–Crippen MR) is 101 cm³/mol. The van der Waals surface area contributed by atoms with Gasteiger partial charge in [0.15, 0.2) is 0 Å². The second kappa shape index (κ2) is 8.48. The zero-order valence-electron chi connectivity index (χ0n) is 15.1. The van der Waals surface area contributed by atoms with E-state index in [4.69, 9.17) is 4.74 Å². The lowest BCUT2D eigenvalue weighted by molar-refractivity contribution is 0.172. The van der Waals surface area contributed by atoms with Gasteiger partial charge >= 0.3 is 0 Å². The lowest BCUT2D eigenvalue weighted by Gasteiger charge is -2.26. The number of hydrogen-bond donors (Lipinski definition) is 2. The van der Waals surface area contributed by atoms with E-state index in [2.05, 4.69) is 47.5 Å². The number of aliphatic hydroxyl groups is 1. The summed E-state index contributed by atoms with van der Waals surface area (Å²) in [7, 11) is 1.71. The molecule has 3 unspecified atom stereocenters. The van der Waals surface area contributed by atoms with Gasteiger partial charge < -0.3 is 15.2 Å². The Morgan fingerprint density at radius 1 is 1.16 bits per heavy atom. The first-order chi connectivity index (χ1) is 12.2. The first kappa shape index (κ1) is 17.9. The lowest BCUT2D eigenvalue weighted by atomic mass is 10.1. The summed E-state index contributed by atoms with van der Waals surface area (Å²) in [5.74, 6) is 0.912. The molecule has 4 heteroatoms. The fraction of sp³-hybridized carbons (Fsp3) is 0.429. The maximum Gasteiger partial charge on any atom is 0.123 e. The van der Waals surface area contributed by atoms with Gasteiger partial charge in [-0.3, -0.25) is 4.90 Å². The number of rotatable bonds is 7. The van der Waals surface area contributed by atoms with Crippen molar-refractivity contribution in [2.24, 2.45) is 0 Å². The molecule has 0 amide bonds. The summed E-state index contributed by atoms with van der Waals surface area (Å²) in [6, 6.07) is 19.1. The SMILES string of the molecule is COc1ccccc1C(C)NCC1CC(O)CN1Cc1ccccc1. The topological polar surface area (TPSA) is 44.7 Å². The van der Waals surface area contributed by atoms with Crippen LogP contribution in [0.1, 0.15) is 30.5 Å². The molecule has 0 spiro atoms. The van der Waals surface area contributed by atoms with Crippen molar-refractivity contribution in [3.05, 3.63) is 65.7 Å². The summed E-state index contributed by atoms with van der Waals surface area (Å²) < 4.78 is 5.47. The van der Waals surface area contributed by atoms with Gasteiger partial charge in [-0.15, -0.1) is 0 Å². The largest absolute Gasteiger partial charge is 0.496 e. The van der Waals surface area contributed by atoms with Gasteiger partial charge in [0.05, 0.1) is 13.2 Å². The average Bonchev–Trinajstić information content (AvgIpc) is 2.99. The number of nitrogens with zero attached hydrogens (tertiary/aromatic N) is 1. The van der Waals surface area contributed by atoms with E-state index in [0.29, 0.717) is 6.04 Å². The van der Waals surface area contributed by atoms with Crippen molar-refractivity contribution >= 4 is 0 Å². The molecule has 2 aromatic carbocycles. The Morgan fingerprint density at radius 3 is 2.64 bits per heavy atom. The summed E-state index contributed by atoms with van der Waals surface area (Å²) in [4.78, 5) is 2.38. The fourth-order valence-corrected chi connectivity index (χ4v) is 3.63. The monoisotopic (exact) mass is 340 g/mol. The Balaban J connectivity index is 1.60. The molecule has 1 fully saturated rings. The zero-order valence-corrected chi connectivity index (χ0v) is 15.1. The number of hydrogen-bond acceptors (Lipinski definition) is 4. The highest BCUT2D eigenvalue weighted by Crippen LogP contribution is 2.25. The Labute approximate surface area is 150 Å². The van der Waals surface area contributed by atoms with Crippen LogP contribution in [0, 0.1) is 0 Å². The third-order valence-corrected chi connectivity index (χ3v) is 5.00. The Hall–Kier alpha value is -1.88. The summed E-state index contributed by atoms with van der Waals surface area (Å²) >= 11 is 0. The third-order valence-electron chi connectivity index (χ3n) is 5.00. The van der Waals surface area contributed by atoms with Crippen LogP contribution in [0.15, 0.2) is 54.6 Å². The molecular formula is C21H28N2O2. The van der Waals surface area contributed by atoms with Gasteiger partial charge in [-0.2, -0.15) is 0 Å². The highest BCUT2D eigenvalue weighted by molar-refractivity contribution is 5.35. The Bertz CT molecular complexity index is 662. The molecule has 0 saturated carbocycles. The van der Waals surface area contributed by atoms with Crippen LogP contribution in [-0.2, 0) is 6.54 Å². The highest BCUT2D eigenvalue weighted by atomic mass is 16.5. The van der Waals surface area contributed by atoms with E-state index >= 15 is 0 Å². The first-order valence-corrected chi connectivity index (χ1v) is 8.99. The molecule has 25 heavy (non-hydrogen) atoms. The molecule has 2 N–H and O–H groups in total. The summed E-state index contributed by atoms with van der Waals surface area (Å²) in [6.07, 6.45) is 0.579. The molecule has 2 aromatic rings. The molecule has 1 aliphatic heterocycles. The second-order valence-electron chi connectivity index (χ2n) is 6.83. The molecular weight excluding hydrogens is 312 g/mol. The standard InChI is InChI=1S/C21H28N2O2/c1-16(20-10-6-7-11-21(20)25-2)22-13-18-12-19(24)15-23(18)14-17-8-4-3-5-9-17/h3-11,16,18-19,22,24H,12-15H2,1-2H3. The van der Waals surface area contributed by atoms with Gasteiger partial charge in [0.2, 0.25) is 0 Å². The number of likely N-dealkylation sites (tertiary alicyclic amines) is 1. The van der Waals surface area contributed by atoms with Gasteiger partial charge in [-0.25, -0.2) is 0 Å². The Kier molecular flexibility index (Phi) is 6.08. The lowest BCUT2D eigenvalue weighted by Crippen LogP contribution is -2.38. The van der Waals surface area contributed by atoms with E-state index in [1.807, 2.05) is 24.3 Å². The van der Waals surface area contributed by atoms with Crippen molar-refractivity contribution in [2.45, 2.75) is 38.1 Å². The molecule has 0 aliphatic carbocycles. The van der Waals surface area contributed by atoms with Crippen LogP contribution in [0.4, 0.5) is 0 Å². The van der Waals surface area contributed by atoms with Gasteiger partial charge in [0.1, 0.15) is 5.75 Å². The van der Waals surface area contributed by atoms with E-state index < -0.39 is 0 Å². The van der Waals surface area contributed by atoms with Gasteiger partial charge in [-0.05, 0) is 25.0 Å². The quantitative estimate of drug-likeness (QED) is 0.813. The zero-order chi connectivity index (χ0) is 17.6. The first-order valence-electron chi connectivity index (χ1n) is 8.99. The molecule has 0 bridgehead atoms. The maximum atomic E-state index is 10.1. The molecule has 1 aliphatic rings. The van der Waals surface area contributed by atoms with E-state index in [0.717, 1.165) is 37.4 Å². The second-order valence-corrected chi connectivity index (χ2v) is 6.83. The van der Waals surface area contributed by atoms with Crippen molar-refractivity contribution < 1.29 is 9.84 Å². The number of nitrogens with one attached hydrogen (secondary N) is 1. The van der Waals surface area contributed by atoms with Crippen molar-refractivity contribution in [1.29, 1.82) is 0 Å². The van der Waals surface area contributed by atoms with Crippen molar-refractivity contribution in [3.8, 4) is 5.75 Å². The number of ether oxygens (including phenoxy) is 1. The van der Waals surface area contributed by atoms with Crippen molar-refractivity contribution in [1.82, 2.24) is 10.2 Å². The van der Waals surface area contributed by atoms with Crippen LogP contribution >= 0.6 is 0 Å². The minimum absolute atomic E-state index is 0.201. The van der Waals surface area contributed by atoms with E-state index in [1.54, 1.807) is 7.11 Å². The normalized spacial score (nSPS) is 22.0. The molecule has 3 atom stereocenters. The third kappa shape index (κ3) is 4.60. The predicted octanol–water partition coefficient (Wildman–Crippen LogP) is 2.98. The number of methoxy groups -OCH3 is 1. The van der Waals surface area contributed by atoms with Crippen LogP contribution in [-0.4, -0.2) is 42.4 Å². The molecule has 0 aromatic heterocycles. The van der Waals surface area contributed by atoms with Gasteiger partial charge in [0.25, 0.3) is 0 Å². The average molecular weight is 340 g/mol. The van der Waals surface area contributed by atoms with E-state index in [-0.39, 0.29) is 12.1 Å². The molecule has 0 radical (unpaired) electrons. The highest BCUT2D eigenvalue weighted by Gasteiger charge is 2.30. The molecule has 134 valence electrons. The smallest absolute Gasteiger partial charge is 0.123 e. The van der Waals surface area contributed by atoms with Gasteiger partial charge in [-0.1, -0.05) is 48.5 Å². The van der Waals surface area contributed by atoms with Crippen molar-refractivity contribution in [3.63, 3.8) is 0 Å². The maximum absolute atomic E-state index is 10.1. The molecule has 3 rings (SSSR count). The van der Waals surface area contributed by atoms with Crippen LogP contribution < -0.4 is 10.1 Å². The van der Waals surface area contributed by atoms with Crippen LogP contribution in [0.5, 0.6) is 5.75 Å². The summed E-state index contributed by atoms with van der Waals surface area (Å²) in [6.45, 7) is 4.63. The van der Waals surface area contributed by atoms with Gasteiger partial charge in [0, 0.05) is 37.3 Å². The summed E-state index contributed by atoms with van der Waals surface area (Å²) in [5.41, 5.74) is 2.46. The van der Waals surface area contributed by atoms with E-state index in [9.17, 15) is 5.11 Å².